The van der Waals surface area contributed by atoms with E-state index in [2.05, 4.69) is 29.4 Å². The van der Waals surface area contributed by atoms with Crippen molar-refractivity contribution in [1.29, 1.82) is 0 Å². The Morgan fingerprint density at radius 3 is 3.00 bits per heavy atom. The van der Waals surface area contributed by atoms with Gasteiger partial charge in [-0.05, 0) is 45.9 Å². The third-order valence-corrected chi connectivity index (χ3v) is 2.09. The molecule has 1 atom stereocenters. The lowest BCUT2D eigenvalue weighted by Gasteiger charge is -2.10. The smallest absolute Gasteiger partial charge is 0.0521 e. The Morgan fingerprint density at radius 2 is 2.42 bits per heavy atom. The minimum absolute atomic E-state index is 0.543. The minimum atomic E-state index is 0.543. The highest BCUT2D eigenvalue weighted by Crippen LogP contribution is 2.07. The van der Waals surface area contributed by atoms with Crippen molar-refractivity contribution in [2.45, 2.75) is 32.2 Å². The lowest BCUT2D eigenvalue weighted by atomic mass is 10.1. The standard InChI is InChI=1S/C10H18N2/c1-9-6-7-10(12-9)5-3-4-8-11-2/h7,10-12H,3-5,8H2,1-2H3. The van der Waals surface area contributed by atoms with Gasteiger partial charge in [-0.25, -0.2) is 0 Å². The summed E-state index contributed by atoms with van der Waals surface area (Å²) in [5.74, 6) is 0. The van der Waals surface area contributed by atoms with Crippen LogP contribution in [0.5, 0.6) is 0 Å². The van der Waals surface area contributed by atoms with E-state index in [4.69, 9.17) is 0 Å². The van der Waals surface area contributed by atoms with Crippen molar-refractivity contribution in [1.82, 2.24) is 10.6 Å². The second-order valence-corrected chi connectivity index (χ2v) is 3.29. The Hall–Kier alpha value is -0.720. The van der Waals surface area contributed by atoms with Crippen LogP contribution in [0, 0.1) is 0 Å². The fourth-order valence-corrected chi connectivity index (χ4v) is 1.41. The summed E-state index contributed by atoms with van der Waals surface area (Å²) in [6, 6.07) is 0.543. The second kappa shape index (κ2) is 5.02. The van der Waals surface area contributed by atoms with Gasteiger partial charge >= 0.3 is 0 Å². The van der Waals surface area contributed by atoms with Crippen molar-refractivity contribution >= 4 is 0 Å². The van der Waals surface area contributed by atoms with Crippen LogP contribution in [0.2, 0.25) is 0 Å². The average molecular weight is 166 g/mol. The summed E-state index contributed by atoms with van der Waals surface area (Å²) in [6.07, 6.45) is 5.91. The van der Waals surface area contributed by atoms with Crippen molar-refractivity contribution in [3.8, 4) is 0 Å². The summed E-state index contributed by atoms with van der Waals surface area (Å²) in [6.45, 7) is 3.19. The molecule has 0 aromatic heterocycles. The molecule has 1 aliphatic heterocycles. The van der Waals surface area contributed by atoms with E-state index in [0.29, 0.717) is 6.04 Å². The van der Waals surface area contributed by atoms with Crippen LogP contribution in [-0.2, 0) is 0 Å². The van der Waals surface area contributed by atoms with E-state index >= 15 is 0 Å². The summed E-state index contributed by atoms with van der Waals surface area (Å²) >= 11 is 0. The third kappa shape index (κ3) is 3.12. The summed E-state index contributed by atoms with van der Waals surface area (Å²) in [5, 5.41) is 6.51. The van der Waals surface area contributed by atoms with Crippen LogP contribution in [0.15, 0.2) is 17.5 Å². The summed E-state index contributed by atoms with van der Waals surface area (Å²) < 4.78 is 0. The van der Waals surface area contributed by atoms with Gasteiger partial charge in [0, 0.05) is 0 Å². The van der Waals surface area contributed by atoms with Gasteiger partial charge in [-0.15, -0.1) is 5.73 Å². The molecule has 0 radical (unpaired) electrons. The van der Waals surface area contributed by atoms with E-state index in [-0.39, 0.29) is 0 Å². The maximum absolute atomic E-state index is 3.36. The van der Waals surface area contributed by atoms with E-state index in [9.17, 15) is 0 Å². The molecule has 0 aromatic rings. The molecule has 1 heterocycles. The predicted molar refractivity (Wildman–Crippen MR) is 52.0 cm³/mol. The van der Waals surface area contributed by atoms with E-state index in [1.807, 2.05) is 7.05 Å². The molecule has 1 unspecified atom stereocenters. The Kier molecular flexibility index (Phi) is 3.92. The zero-order valence-corrected chi connectivity index (χ0v) is 7.98. The van der Waals surface area contributed by atoms with Gasteiger partial charge in [-0.2, -0.15) is 0 Å². The molecule has 2 heteroatoms. The molecule has 0 bridgehead atoms. The highest BCUT2D eigenvalue weighted by atomic mass is 14.9. The predicted octanol–water partition coefficient (Wildman–Crippen LogP) is 1.41. The number of nitrogens with one attached hydrogen (secondary N) is 2. The molecule has 0 amide bonds. The molecule has 2 nitrogen and oxygen atoms in total. The zero-order chi connectivity index (χ0) is 8.81. The Balaban J connectivity index is 2.00. The molecule has 0 aliphatic carbocycles. The van der Waals surface area contributed by atoms with Crippen LogP contribution in [0.4, 0.5) is 0 Å². The Morgan fingerprint density at radius 1 is 1.58 bits per heavy atom. The van der Waals surface area contributed by atoms with Gasteiger partial charge in [0.25, 0.3) is 0 Å². The van der Waals surface area contributed by atoms with E-state index < -0.39 is 0 Å². The van der Waals surface area contributed by atoms with Crippen LogP contribution in [-0.4, -0.2) is 19.6 Å². The topological polar surface area (TPSA) is 24.1 Å². The molecular formula is C10H18N2. The van der Waals surface area contributed by atoms with Gasteiger partial charge in [0.05, 0.1) is 11.7 Å². The molecule has 1 rings (SSSR count). The minimum Gasteiger partial charge on any atom is -0.376 e. The summed E-state index contributed by atoms with van der Waals surface area (Å²) in [4.78, 5) is 0. The van der Waals surface area contributed by atoms with Crippen LogP contribution in [0.3, 0.4) is 0 Å². The van der Waals surface area contributed by atoms with Crippen LogP contribution in [0.1, 0.15) is 26.2 Å². The molecule has 0 saturated heterocycles. The van der Waals surface area contributed by atoms with Gasteiger partial charge in [0.15, 0.2) is 0 Å². The van der Waals surface area contributed by atoms with Crippen LogP contribution < -0.4 is 10.6 Å². The number of unbranched alkanes of at least 4 members (excludes halogenated alkanes) is 1. The molecule has 12 heavy (non-hydrogen) atoms. The molecule has 0 fully saturated rings. The van der Waals surface area contributed by atoms with Crippen molar-refractivity contribution < 1.29 is 0 Å². The Labute approximate surface area is 74.7 Å². The first-order valence-electron chi connectivity index (χ1n) is 4.67. The van der Waals surface area contributed by atoms with Crippen molar-refractivity contribution in [2.24, 2.45) is 0 Å². The molecule has 0 aromatic carbocycles. The first-order chi connectivity index (χ1) is 5.83. The highest BCUT2D eigenvalue weighted by Gasteiger charge is 2.07. The van der Waals surface area contributed by atoms with Gasteiger partial charge in [-0.1, -0.05) is 0 Å². The second-order valence-electron chi connectivity index (χ2n) is 3.29. The van der Waals surface area contributed by atoms with Gasteiger partial charge in [0.1, 0.15) is 0 Å². The van der Waals surface area contributed by atoms with Crippen molar-refractivity contribution in [2.75, 3.05) is 13.6 Å². The SMILES string of the molecule is CNCCCCC1C=C=C(C)N1. The lowest BCUT2D eigenvalue weighted by molar-refractivity contribution is 0.568. The fourth-order valence-electron chi connectivity index (χ4n) is 1.41. The molecule has 2 N–H and O–H groups in total. The first-order valence-corrected chi connectivity index (χ1v) is 4.67. The van der Waals surface area contributed by atoms with E-state index in [1.54, 1.807) is 0 Å². The monoisotopic (exact) mass is 166 g/mol. The largest absolute Gasteiger partial charge is 0.376 e. The molecule has 68 valence electrons. The third-order valence-electron chi connectivity index (χ3n) is 2.09. The zero-order valence-electron chi connectivity index (χ0n) is 7.98. The quantitative estimate of drug-likeness (QED) is 0.476. The number of hydrogen-bond acceptors (Lipinski definition) is 2. The normalized spacial score (nSPS) is 20.8. The average Bonchev–Trinajstić information content (AvgIpc) is 2.45. The summed E-state index contributed by atoms with van der Waals surface area (Å²) in [5.41, 5.74) is 4.35. The van der Waals surface area contributed by atoms with Crippen molar-refractivity contribution in [3.05, 3.63) is 17.5 Å². The molecule has 0 spiro atoms. The molecule has 1 aliphatic rings. The van der Waals surface area contributed by atoms with Crippen molar-refractivity contribution in [3.63, 3.8) is 0 Å². The first kappa shape index (κ1) is 9.37. The number of rotatable bonds is 5. The van der Waals surface area contributed by atoms with Crippen LogP contribution >= 0.6 is 0 Å². The van der Waals surface area contributed by atoms with Crippen LogP contribution in [0.25, 0.3) is 0 Å². The van der Waals surface area contributed by atoms with Gasteiger partial charge in [-0.3, -0.25) is 0 Å². The maximum Gasteiger partial charge on any atom is 0.0521 e. The van der Waals surface area contributed by atoms with Gasteiger partial charge in [0.2, 0.25) is 0 Å². The molecule has 0 saturated carbocycles. The lowest BCUT2D eigenvalue weighted by Crippen LogP contribution is -2.21. The number of hydrogen-bond donors (Lipinski definition) is 2. The van der Waals surface area contributed by atoms with E-state index in [1.165, 1.54) is 25.0 Å². The summed E-state index contributed by atoms with van der Waals surface area (Å²) in [7, 11) is 2.00. The highest BCUT2D eigenvalue weighted by molar-refractivity contribution is 5.10. The fraction of sp³-hybridized carbons (Fsp3) is 0.700. The maximum atomic E-state index is 3.36. The Bertz CT molecular complexity index is 190. The van der Waals surface area contributed by atoms with E-state index in [0.717, 1.165) is 6.54 Å². The van der Waals surface area contributed by atoms with Gasteiger partial charge < -0.3 is 10.6 Å². The molecular weight excluding hydrogens is 148 g/mol.